The monoisotopic (exact) mass is 1130 g/mol. The quantitative estimate of drug-likeness (QED) is 0.0524. The number of fused-ring (bicyclic) bond motifs is 1. The number of anilines is 2. The fraction of sp³-hybridized carbons (Fsp3) is 0.492. The first-order valence-corrected chi connectivity index (χ1v) is 27.3. The second-order valence-electron chi connectivity index (χ2n) is 20.6. The average molecular weight is 1130 g/mol. The first kappa shape index (κ1) is 65.5. The Morgan fingerprint density at radius 3 is 1.95 bits per heavy atom. The molecule has 0 spiro atoms. The molecule has 80 heavy (non-hydrogen) atoms. The molecule has 4 aromatic rings. The standard InChI is InChI=1S/C33H32ClN5O3.C10H19NO3.C6H13NO.C6H11NO.C4H4O4/c1-3-41-32-18-30-28(16-22(32)15-27(40)11-10-26-8-6-14-39(26)2)33(23(19-35)20-37-30)38-24-9-12-31(29(34)17-24)42-21-25-7-4-5-13-36-25;1-10(2,3)14-9(13)11-6-4-5-8(11)7-12;2*1-7-4-2-3-6(7)5-8;5-3(6)1-2-4(7)8/h4-5,7,9-13,16-18,20,26H,3,6,8,14-15,21H2,1-2H3,(H,37,38);8,12H,4-7H2,1-3H3;6,8H,2-5H2,1H3;5-6H,2-4H2,1H3;1-2H,(H,5,6)(H,7,8)/b11-10+;;;;2-1-/t26-;8-;2*6-;/m1111./s1. The van der Waals surface area contributed by atoms with Crippen molar-refractivity contribution in [2.24, 2.45) is 0 Å². The Labute approximate surface area is 474 Å². The Kier molecular flexibility index (Phi) is 27.5. The van der Waals surface area contributed by atoms with Crippen molar-refractivity contribution >= 4 is 64.0 Å². The van der Waals surface area contributed by atoms with Gasteiger partial charge in [-0.1, -0.05) is 23.7 Å². The second kappa shape index (κ2) is 33.6. The summed E-state index contributed by atoms with van der Waals surface area (Å²) < 4.78 is 17.0. The summed E-state index contributed by atoms with van der Waals surface area (Å²) in [5.74, 6) is -1.40. The van der Waals surface area contributed by atoms with Crippen molar-refractivity contribution < 1.29 is 58.6 Å². The summed E-state index contributed by atoms with van der Waals surface area (Å²) in [6, 6.07) is 17.8. The number of aromatic nitrogens is 2. The van der Waals surface area contributed by atoms with E-state index >= 15 is 0 Å². The fourth-order valence-corrected chi connectivity index (χ4v) is 9.31. The molecule has 4 fully saturated rings. The number of carboxylic acid groups (broad SMARTS) is 2. The van der Waals surface area contributed by atoms with E-state index in [4.69, 9.17) is 46.2 Å². The van der Waals surface area contributed by atoms with Gasteiger partial charge >= 0.3 is 18.0 Å². The van der Waals surface area contributed by atoms with Crippen LogP contribution in [0.15, 0.2) is 85.2 Å². The first-order valence-electron chi connectivity index (χ1n) is 26.9. The Hall–Kier alpha value is -6.99. The number of aldehydes is 1. The molecule has 2 aromatic carbocycles. The molecule has 5 N–H and O–H groups in total. The van der Waals surface area contributed by atoms with Crippen LogP contribution in [0.4, 0.5) is 16.2 Å². The molecule has 0 radical (unpaired) electrons. The number of aliphatic hydroxyl groups is 2. The van der Waals surface area contributed by atoms with E-state index in [1.54, 1.807) is 29.3 Å². The van der Waals surface area contributed by atoms with Gasteiger partial charge in [0.15, 0.2) is 5.78 Å². The number of carbonyl (C=O) groups is 5. The van der Waals surface area contributed by atoms with E-state index in [2.05, 4.69) is 50.1 Å². The Bertz CT molecular complexity index is 2730. The minimum atomic E-state index is -1.26. The maximum Gasteiger partial charge on any atom is 0.410 e. The highest BCUT2D eigenvalue weighted by atomic mass is 35.5. The zero-order valence-electron chi connectivity index (χ0n) is 47.1. The number of allylic oxidation sites excluding steroid dienone is 1. The summed E-state index contributed by atoms with van der Waals surface area (Å²) in [6.07, 6.45) is 17.6. The van der Waals surface area contributed by atoms with Gasteiger partial charge in [0.2, 0.25) is 0 Å². The smallest absolute Gasteiger partial charge is 0.410 e. The van der Waals surface area contributed by atoms with Gasteiger partial charge < -0.3 is 54.5 Å². The lowest BCUT2D eigenvalue weighted by molar-refractivity contribution is -0.134. The number of rotatable bonds is 16. The third kappa shape index (κ3) is 21.9. The molecule has 8 rings (SSSR count). The van der Waals surface area contributed by atoms with Crippen molar-refractivity contribution in [3.8, 4) is 17.6 Å². The predicted octanol–water partition coefficient (Wildman–Crippen LogP) is 8.08. The molecule has 2 aromatic heterocycles. The number of aliphatic carboxylic acids is 2. The Morgan fingerprint density at radius 1 is 0.800 bits per heavy atom. The SMILES string of the molecule is CC(C)(C)OC(=O)N1CCC[C@@H]1CO.CCOc1cc2ncc(C#N)c(Nc3ccc(OCc4ccccn4)c(Cl)c3)c2cc1CC(=O)/C=C/[C@H]1CCCN1C.CN1CCC[C@@H]1C=O.CN1CCC[C@@H]1CO.O=C(O)/C=C\C(=O)O. The zero-order chi connectivity index (χ0) is 58.8. The summed E-state index contributed by atoms with van der Waals surface area (Å²) in [4.78, 5) is 70.8. The van der Waals surface area contributed by atoms with E-state index in [-0.39, 0.29) is 49.6 Å². The lowest BCUT2D eigenvalue weighted by Gasteiger charge is -2.27. The largest absolute Gasteiger partial charge is 0.494 e. The number of ether oxygens (including phenoxy) is 3. The lowest BCUT2D eigenvalue weighted by Crippen LogP contribution is -2.41. The van der Waals surface area contributed by atoms with Crippen LogP contribution in [0.25, 0.3) is 10.9 Å². The van der Waals surface area contributed by atoms with Crippen LogP contribution in [0, 0.1) is 11.3 Å². The van der Waals surface area contributed by atoms with Gasteiger partial charge in [0.05, 0.1) is 59.4 Å². The number of carbonyl (C=O) groups excluding carboxylic acids is 3. The zero-order valence-corrected chi connectivity index (χ0v) is 47.8. The van der Waals surface area contributed by atoms with Crippen LogP contribution in [-0.4, -0.2) is 177 Å². The van der Waals surface area contributed by atoms with Gasteiger partial charge in [-0.25, -0.2) is 14.4 Å². The van der Waals surface area contributed by atoms with Crippen LogP contribution in [0.3, 0.4) is 0 Å². The van der Waals surface area contributed by atoms with Crippen LogP contribution < -0.4 is 14.8 Å². The minimum Gasteiger partial charge on any atom is -0.494 e. The summed E-state index contributed by atoms with van der Waals surface area (Å²) in [6.45, 7) is 12.5. The summed E-state index contributed by atoms with van der Waals surface area (Å²) >= 11 is 6.55. The van der Waals surface area contributed by atoms with Crippen LogP contribution in [0.2, 0.25) is 5.02 Å². The highest BCUT2D eigenvalue weighted by Gasteiger charge is 2.31. The summed E-state index contributed by atoms with van der Waals surface area (Å²) in [5, 5.41) is 47.7. The van der Waals surface area contributed by atoms with Gasteiger partial charge in [0.1, 0.15) is 36.1 Å². The maximum absolute atomic E-state index is 13.0. The number of benzene rings is 2. The molecular weight excluding hydrogens is 1050 g/mol. The number of nitriles is 1. The number of hydrogen-bond acceptors (Lipinski definition) is 17. The molecule has 4 aliphatic heterocycles. The van der Waals surface area contributed by atoms with E-state index in [1.165, 1.54) is 25.5 Å². The topological polar surface area (TPSA) is 269 Å². The van der Waals surface area contributed by atoms with Gasteiger partial charge in [0.25, 0.3) is 0 Å². The highest BCUT2D eigenvalue weighted by Crippen LogP contribution is 2.36. The van der Waals surface area contributed by atoms with E-state index in [1.807, 2.05) is 77.2 Å². The molecule has 20 nitrogen and oxygen atoms in total. The molecule has 4 aliphatic rings. The van der Waals surface area contributed by atoms with E-state index in [0.717, 1.165) is 69.3 Å². The van der Waals surface area contributed by atoms with E-state index in [0.29, 0.717) is 82.3 Å². The molecule has 1 amide bonds. The van der Waals surface area contributed by atoms with Crippen molar-refractivity contribution in [2.75, 3.05) is 72.5 Å². The second-order valence-corrected chi connectivity index (χ2v) is 21.0. The average Bonchev–Trinajstić information content (AvgIpc) is 4.27. The number of aliphatic hydroxyl groups excluding tert-OH is 2. The number of nitrogens with one attached hydrogen (secondary N) is 1. The van der Waals surface area contributed by atoms with Crippen molar-refractivity contribution in [3.05, 3.63) is 107 Å². The third-order valence-electron chi connectivity index (χ3n) is 13.4. The summed E-state index contributed by atoms with van der Waals surface area (Å²) in [7, 11) is 6.13. The van der Waals surface area contributed by atoms with E-state index < -0.39 is 17.5 Å². The molecule has 21 heteroatoms. The number of pyridine rings is 2. The van der Waals surface area contributed by atoms with Crippen molar-refractivity contribution in [2.45, 2.75) is 122 Å². The van der Waals surface area contributed by atoms with Crippen LogP contribution in [0.5, 0.6) is 11.5 Å². The number of nitrogens with zero attached hydrogens (tertiary/aromatic N) is 7. The van der Waals surface area contributed by atoms with Crippen LogP contribution >= 0.6 is 11.6 Å². The number of likely N-dealkylation sites (N-methyl/N-ethyl adjacent to an activating group) is 3. The van der Waals surface area contributed by atoms with E-state index in [9.17, 15) is 29.2 Å². The van der Waals surface area contributed by atoms with Gasteiger partial charge in [-0.15, -0.1) is 0 Å². The predicted molar refractivity (Wildman–Crippen MR) is 306 cm³/mol. The van der Waals surface area contributed by atoms with Gasteiger partial charge in [-0.2, -0.15) is 5.26 Å². The fourth-order valence-electron chi connectivity index (χ4n) is 9.08. The molecular formula is C59H79ClN8O12. The van der Waals surface area contributed by atoms with Crippen molar-refractivity contribution in [1.29, 1.82) is 5.26 Å². The Balaban J connectivity index is 0.000000289. The molecule has 0 bridgehead atoms. The van der Waals surface area contributed by atoms with Gasteiger partial charge in [-0.05, 0) is 162 Å². The molecule has 4 atom stereocenters. The number of hydrogen-bond donors (Lipinski definition) is 5. The number of carboxylic acids is 2. The first-order chi connectivity index (χ1) is 38.2. The molecule has 0 saturated carbocycles. The highest BCUT2D eigenvalue weighted by molar-refractivity contribution is 6.32. The number of likely N-dealkylation sites (tertiary alicyclic amines) is 4. The number of amides is 1. The minimum absolute atomic E-state index is 0.0115. The van der Waals surface area contributed by atoms with Crippen molar-refractivity contribution in [1.82, 2.24) is 29.6 Å². The normalized spacial score (nSPS) is 19.1. The maximum atomic E-state index is 13.0. The molecule has 4 saturated heterocycles. The molecule has 0 aliphatic carbocycles. The molecule has 6 heterocycles. The number of ketones is 1. The Morgan fingerprint density at radius 2 is 1.44 bits per heavy atom. The van der Waals surface area contributed by atoms with Gasteiger partial charge in [-0.3, -0.25) is 24.6 Å². The molecule has 0 unspecified atom stereocenters. The lowest BCUT2D eigenvalue weighted by atomic mass is 10.0. The summed E-state index contributed by atoms with van der Waals surface area (Å²) in [5.41, 5.74) is 3.31. The molecule has 434 valence electrons. The third-order valence-corrected chi connectivity index (χ3v) is 13.7. The van der Waals surface area contributed by atoms with Crippen molar-refractivity contribution in [3.63, 3.8) is 0 Å². The number of halogens is 1. The van der Waals surface area contributed by atoms with Crippen LogP contribution in [0.1, 0.15) is 95.9 Å². The van der Waals surface area contributed by atoms with Crippen LogP contribution in [-0.2, 0) is 36.9 Å². The van der Waals surface area contributed by atoms with Gasteiger partial charge in [0, 0.05) is 72.3 Å².